The topological polar surface area (TPSA) is 139 Å². The van der Waals surface area contributed by atoms with Gasteiger partial charge in [0.25, 0.3) is 5.91 Å². The number of anilines is 1. The molecule has 2 N–H and O–H groups in total. The van der Waals surface area contributed by atoms with Crippen molar-refractivity contribution < 1.29 is 28.2 Å². The number of pyridine rings is 3. The van der Waals surface area contributed by atoms with E-state index in [2.05, 4.69) is 25.5 Å². The Morgan fingerprint density at radius 3 is 2.65 bits per heavy atom. The molecular formula is C41H47ClFN7O5. The van der Waals surface area contributed by atoms with Gasteiger partial charge in [0.05, 0.1) is 36.7 Å². The number of carbonyl (C=O) groups excluding carboxylic acids is 3. The van der Waals surface area contributed by atoms with Gasteiger partial charge in [-0.05, 0) is 94.0 Å². The summed E-state index contributed by atoms with van der Waals surface area (Å²) in [6, 6.07) is 12.6. The van der Waals surface area contributed by atoms with Gasteiger partial charge in [0.2, 0.25) is 11.8 Å². The minimum absolute atomic E-state index is 0.0402. The number of nitrogens with one attached hydrogen (secondary N) is 2. The molecule has 0 bridgehead atoms. The number of hydrogen-bond donors (Lipinski definition) is 2. The van der Waals surface area contributed by atoms with Crippen LogP contribution in [0.3, 0.4) is 0 Å². The van der Waals surface area contributed by atoms with Crippen LogP contribution in [0.15, 0.2) is 54.9 Å². The van der Waals surface area contributed by atoms with Crippen molar-refractivity contribution in [2.75, 3.05) is 38.7 Å². The molecule has 2 aliphatic heterocycles. The quantitative estimate of drug-likeness (QED) is 0.154. The number of ether oxygens (including phenoxy) is 2. The number of carbonyl (C=O) groups is 3. The third-order valence-electron chi connectivity index (χ3n) is 9.69. The molecule has 0 spiro atoms. The summed E-state index contributed by atoms with van der Waals surface area (Å²) in [4.78, 5) is 56.2. The Labute approximate surface area is 325 Å². The Morgan fingerprint density at radius 1 is 1.11 bits per heavy atom. The number of aromatic nitrogens is 3. The predicted molar refractivity (Wildman–Crippen MR) is 209 cm³/mol. The Balaban J connectivity index is 1.21. The van der Waals surface area contributed by atoms with Crippen LogP contribution in [0.25, 0.3) is 22.5 Å². The Morgan fingerprint density at radius 2 is 1.93 bits per heavy atom. The molecule has 0 saturated carbocycles. The first-order valence-electron chi connectivity index (χ1n) is 18.5. The van der Waals surface area contributed by atoms with E-state index in [9.17, 15) is 18.8 Å². The summed E-state index contributed by atoms with van der Waals surface area (Å²) in [6.45, 7) is 9.60. The zero-order chi connectivity index (χ0) is 39.3. The predicted octanol–water partition coefficient (Wildman–Crippen LogP) is 7.16. The van der Waals surface area contributed by atoms with Crippen LogP contribution < -0.4 is 15.4 Å². The van der Waals surface area contributed by atoms with E-state index < -0.39 is 11.7 Å². The molecule has 2 aliphatic rings. The van der Waals surface area contributed by atoms with Gasteiger partial charge in [0, 0.05) is 73.4 Å². The van der Waals surface area contributed by atoms with Crippen molar-refractivity contribution in [1.29, 1.82) is 0 Å². The highest BCUT2D eigenvalue weighted by Crippen LogP contribution is 2.38. The fourth-order valence-electron chi connectivity index (χ4n) is 6.87. The first-order valence-corrected chi connectivity index (χ1v) is 18.8. The van der Waals surface area contributed by atoms with Crippen LogP contribution in [0.1, 0.15) is 72.8 Å². The van der Waals surface area contributed by atoms with Crippen LogP contribution >= 0.6 is 11.6 Å². The van der Waals surface area contributed by atoms with Gasteiger partial charge in [0.15, 0.2) is 0 Å². The molecule has 0 radical (unpaired) electrons. The molecule has 0 unspecified atom stereocenters. The Hall–Kier alpha value is -5.14. The molecule has 0 aliphatic carbocycles. The van der Waals surface area contributed by atoms with Crippen LogP contribution in [0.5, 0.6) is 5.88 Å². The number of rotatable bonds is 12. The maximum atomic E-state index is 13.4. The van der Waals surface area contributed by atoms with Gasteiger partial charge in [0.1, 0.15) is 11.3 Å². The number of halogens is 2. The first kappa shape index (κ1) is 39.6. The van der Waals surface area contributed by atoms with E-state index in [-0.39, 0.29) is 37.6 Å². The van der Waals surface area contributed by atoms with Crippen molar-refractivity contribution >= 4 is 35.2 Å². The fraction of sp³-hybridized carbons (Fsp3) is 0.415. The van der Waals surface area contributed by atoms with Gasteiger partial charge in [-0.3, -0.25) is 28.8 Å². The number of alkyl halides is 1. The summed E-state index contributed by atoms with van der Waals surface area (Å²) in [5, 5.41) is 6.30. The highest BCUT2D eigenvalue weighted by Gasteiger charge is 2.30. The summed E-state index contributed by atoms with van der Waals surface area (Å²) in [5.74, 6) is -0.0614. The molecule has 55 heavy (non-hydrogen) atoms. The number of benzene rings is 1. The van der Waals surface area contributed by atoms with Crippen LogP contribution in [-0.4, -0.2) is 87.7 Å². The molecule has 12 nitrogen and oxygen atoms in total. The van der Waals surface area contributed by atoms with Crippen molar-refractivity contribution in [2.24, 2.45) is 0 Å². The van der Waals surface area contributed by atoms with E-state index in [1.165, 1.54) is 7.11 Å². The van der Waals surface area contributed by atoms with Gasteiger partial charge in [-0.2, -0.15) is 0 Å². The number of amides is 3. The second-order valence-corrected chi connectivity index (χ2v) is 15.3. The smallest absolute Gasteiger partial charge is 0.410 e. The number of methoxy groups -OCH3 is 1. The zero-order valence-electron chi connectivity index (χ0n) is 31.9. The van der Waals surface area contributed by atoms with E-state index in [0.717, 1.165) is 35.2 Å². The second-order valence-electron chi connectivity index (χ2n) is 14.9. The molecule has 290 valence electrons. The fourth-order valence-corrected chi connectivity index (χ4v) is 7.18. The lowest BCUT2D eigenvalue weighted by molar-refractivity contribution is -0.119. The van der Waals surface area contributed by atoms with Gasteiger partial charge < -0.3 is 25.0 Å². The van der Waals surface area contributed by atoms with E-state index in [1.54, 1.807) is 44.1 Å². The van der Waals surface area contributed by atoms with E-state index in [4.69, 9.17) is 26.1 Å². The highest BCUT2D eigenvalue weighted by molar-refractivity contribution is 6.35. The lowest BCUT2D eigenvalue weighted by Gasteiger charge is -2.29. The third-order valence-corrected chi connectivity index (χ3v) is 10.1. The largest absolute Gasteiger partial charge is 0.481 e. The average Bonchev–Trinajstić information content (AvgIpc) is 3.58. The number of nitrogens with zero attached hydrogens (tertiary/aromatic N) is 5. The maximum Gasteiger partial charge on any atom is 0.410 e. The Kier molecular flexibility index (Phi) is 12.3. The SMILES string of the molecule is COc1nc(-c2ccnc(-c3cccc(NC(=O)c4cc5c(cn4)CN(CCCF)CC5)c3C)c2Cl)ccc1CN(C[C@@H]1CCC(=O)N1)C(=O)OC(C)(C)C. The molecule has 1 atom stereocenters. The Bertz CT molecular complexity index is 2070. The lowest BCUT2D eigenvalue weighted by atomic mass is 10.00. The molecular weight excluding hydrogens is 725 g/mol. The van der Waals surface area contributed by atoms with Crippen LogP contribution in [-0.2, 0) is 29.0 Å². The molecule has 14 heteroatoms. The van der Waals surface area contributed by atoms with Crippen molar-refractivity contribution in [3.63, 3.8) is 0 Å². The van der Waals surface area contributed by atoms with Gasteiger partial charge in [-0.1, -0.05) is 23.7 Å². The van der Waals surface area contributed by atoms with E-state index >= 15 is 0 Å². The average molecular weight is 772 g/mol. The van der Waals surface area contributed by atoms with Crippen LogP contribution in [0.4, 0.5) is 14.9 Å². The molecule has 5 heterocycles. The van der Waals surface area contributed by atoms with Gasteiger partial charge in [-0.25, -0.2) is 9.78 Å². The second kappa shape index (κ2) is 17.1. The van der Waals surface area contributed by atoms with Crippen LogP contribution in [0, 0.1) is 6.92 Å². The summed E-state index contributed by atoms with van der Waals surface area (Å²) in [6.07, 6.45) is 5.21. The number of hydrogen-bond acceptors (Lipinski definition) is 9. The molecule has 3 aromatic heterocycles. The summed E-state index contributed by atoms with van der Waals surface area (Å²) in [7, 11) is 1.51. The summed E-state index contributed by atoms with van der Waals surface area (Å²) in [5.41, 5.74) is 6.15. The van der Waals surface area contributed by atoms with Crippen molar-refractivity contribution in [2.45, 2.75) is 78.1 Å². The zero-order valence-corrected chi connectivity index (χ0v) is 32.6. The normalized spacial score (nSPS) is 15.6. The molecule has 1 saturated heterocycles. The van der Waals surface area contributed by atoms with Crippen molar-refractivity contribution in [1.82, 2.24) is 30.1 Å². The number of fused-ring (bicyclic) bond motifs is 1. The molecule has 1 aromatic carbocycles. The van der Waals surface area contributed by atoms with Crippen molar-refractivity contribution in [3.8, 4) is 28.4 Å². The first-order chi connectivity index (χ1) is 26.3. The minimum Gasteiger partial charge on any atom is -0.481 e. The summed E-state index contributed by atoms with van der Waals surface area (Å²) >= 11 is 7.07. The molecule has 4 aromatic rings. The lowest BCUT2D eigenvalue weighted by Crippen LogP contribution is -2.43. The van der Waals surface area contributed by atoms with Gasteiger partial charge >= 0.3 is 6.09 Å². The van der Waals surface area contributed by atoms with Crippen molar-refractivity contribution in [3.05, 3.63) is 87.8 Å². The molecule has 1 fully saturated rings. The van der Waals surface area contributed by atoms with Gasteiger partial charge in [-0.15, -0.1) is 0 Å². The van der Waals surface area contributed by atoms with E-state index in [1.807, 2.05) is 43.3 Å². The maximum absolute atomic E-state index is 13.4. The summed E-state index contributed by atoms with van der Waals surface area (Å²) < 4.78 is 24.1. The third kappa shape index (κ3) is 9.57. The van der Waals surface area contributed by atoms with E-state index in [0.29, 0.717) is 77.2 Å². The monoisotopic (exact) mass is 771 g/mol. The molecule has 6 rings (SSSR count). The standard InChI is InChI=1S/C41H47ClFN7O5/c1-25-30(8-6-9-32(25)47-38(52)34-20-26-15-19-49(18-7-16-43)22-28(26)21-45-34)37-36(42)31(14-17-44-37)33-12-10-27(39(48-33)54-5)23-50(40(53)55-41(2,3)4)24-29-11-13-35(51)46-29/h6,8-10,12,14,17,20-21,29H,7,11,13,15-16,18-19,22-24H2,1-5H3,(H,46,51)(H,47,52)/t29-/m0/s1. The van der Waals surface area contributed by atoms with Crippen LogP contribution in [0.2, 0.25) is 5.02 Å². The minimum atomic E-state index is -0.708. The highest BCUT2D eigenvalue weighted by atomic mass is 35.5. The molecule has 3 amide bonds.